The fourth-order valence-corrected chi connectivity index (χ4v) is 2.72. The van der Waals surface area contributed by atoms with Crippen LogP contribution in [0.25, 0.3) is 0 Å². The molecule has 0 aliphatic heterocycles. The highest BCUT2D eigenvalue weighted by atomic mass is 19.4. The van der Waals surface area contributed by atoms with E-state index in [4.69, 9.17) is 18.9 Å². The van der Waals surface area contributed by atoms with Gasteiger partial charge >= 0.3 is 6.18 Å². The average Bonchev–Trinajstić information content (AvgIpc) is 2.78. The number of pyridine rings is 1. The summed E-state index contributed by atoms with van der Waals surface area (Å²) < 4.78 is 61.3. The predicted octanol–water partition coefficient (Wildman–Crippen LogP) is 4.41. The molecule has 0 bridgehead atoms. The topological polar surface area (TPSA) is 99.7 Å². The van der Waals surface area contributed by atoms with Crippen LogP contribution in [0, 0.1) is 0 Å². The van der Waals surface area contributed by atoms with Gasteiger partial charge in [-0.05, 0) is 12.1 Å². The molecule has 0 spiro atoms. The van der Waals surface area contributed by atoms with Crippen molar-refractivity contribution >= 4 is 23.3 Å². The van der Waals surface area contributed by atoms with E-state index in [2.05, 4.69) is 25.6 Å². The summed E-state index contributed by atoms with van der Waals surface area (Å²) in [5.41, 5.74) is -0.640. The molecule has 2 heterocycles. The van der Waals surface area contributed by atoms with Crippen LogP contribution in [0.5, 0.6) is 23.0 Å². The number of nitrogens with one attached hydrogen (secondary N) is 2. The van der Waals surface area contributed by atoms with Crippen molar-refractivity contribution < 1.29 is 32.1 Å². The number of anilines is 4. The van der Waals surface area contributed by atoms with Gasteiger partial charge in [0, 0.05) is 24.0 Å². The number of hydrogen-bond donors (Lipinski definition) is 2. The minimum Gasteiger partial charge on any atom is -0.495 e. The highest BCUT2D eigenvalue weighted by Crippen LogP contribution is 2.41. The molecule has 0 amide bonds. The Labute approximate surface area is 181 Å². The summed E-state index contributed by atoms with van der Waals surface area (Å²) in [5.74, 6) is 1.10. The molecule has 0 radical (unpaired) electrons. The molecule has 0 aliphatic carbocycles. The van der Waals surface area contributed by atoms with Crippen LogP contribution >= 0.6 is 0 Å². The molecule has 12 heteroatoms. The van der Waals surface area contributed by atoms with Crippen LogP contribution in [0.4, 0.5) is 36.4 Å². The Bertz CT molecular complexity index is 1050. The van der Waals surface area contributed by atoms with E-state index >= 15 is 0 Å². The van der Waals surface area contributed by atoms with Crippen molar-refractivity contribution in [2.45, 2.75) is 6.18 Å². The second-order valence-corrected chi connectivity index (χ2v) is 6.20. The zero-order valence-corrected chi connectivity index (χ0v) is 17.6. The summed E-state index contributed by atoms with van der Waals surface area (Å²) in [5, 5.41) is 5.41. The van der Waals surface area contributed by atoms with Crippen LogP contribution in [-0.4, -0.2) is 43.4 Å². The Hall–Kier alpha value is -3.96. The molecule has 170 valence electrons. The largest absolute Gasteiger partial charge is 0.495 e. The third kappa shape index (κ3) is 5.02. The highest BCUT2D eigenvalue weighted by molar-refractivity contribution is 5.67. The lowest BCUT2D eigenvalue weighted by Gasteiger charge is -2.16. The van der Waals surface area contributed by atoms with Gasteiger partial charge in [0.15, 0.2) is 11.5 Å². The molecule has 32 heavy (non-hydrogen) atoms. The maximum absolute atomic E-state index is 13.5. The zero-order valence-electron chi connectivity index (χ0n) is 17.6. The van der Waals surface area contributed by atoms with Crippen LogP contribution in [0.15, 0.2) is 36.7 Å². The number of aromatic nitrogens is 3. The maximum Gasteiger partial charge on any atom is 0.421 e. The van der Waals surface area contributed by atoms with Crippen LogP contribution in [0.2, 0.25) is 0 Å². The molecule has 1 aromatic carbocycles. The monoisotopic (exact) mass is 451 g/mol. The lowest BCUT2D eigenvalue weighted by Crippen LogP contribution is -2.13. The number of methoxy groups -OCH3 is 4. The molecular weight excluding hydrogens is 431 g/mol. The number of alkyl halides is 3. The first-order chi connectivity index (χ1) is 15.3. The molecule has 2 N–H and O–H groups in total. The summed E-state index contributed by atoms with van der Waals surface area (Å²) in [6.45, 7) is 0. The number of nitrogens with zero attached hydrogens (tertiary/aromatic N) is 3. The summed E-state index contributed by atoms with van der Waals surface area (Å²) in [6.07, 6.45) is -2.63. The normalized spacial score (nSPS) is 11.0. The summed E-state index contributed by atoms with van der Waals surface area (Å²) in [6, 6.07) is 6.16. The van der Waals surface area contributed by atoms with Gasteiger partial charge in [0.25, 0.3) is 0 Å². The molecule has 0 fully saturated rings. The molecule has 0 atom stereocenters. The molecule has 3 rings (SSSR count). The summed E-state index contributed by atoms with van der Waals surface area (Å²) >= 11 is 0. The van der Waals surface area contributed by atoms with E-state index in [-0.39, 0.29) is 11.8 Å². The van der Waals surface area contributed by atoms with Crippen molar-refractivity contribution in [2.75, 3.05) is 39.1 Å². The number of benzene rings is 1. The fourth-order valence-electron chi connectivity index (χ4n) is 2.72. The Morgan fingerprint density at radius 1 is 0.812 bits per heavy atom. The van der Waals surface area contributed by atoms with Gasteiger partial charge in [-0.15, -0.1) is 0 Å². The average molecular weight is 451 g/mol. The minimum atomic E-state index is -4.68. The van der Waals surface area contributed by atoms with E-state index in [9.17, 15) is 13.2 Å². The van der Waals surface area contributed by atoms with Gasteiger partial charge in [0.05, 0.1) is 34.6 Å². The van der Waals surface area contributed by atoms with Crippen molar-refractivity contribution in [2.24, 2.45) is 0 Å². The first kappa shape index (κ1) is 22.7. The van der Waals surface area contributed by atoms with Crippen molar-refractivity contribution in [3.63, 3.8) is 0 Å². The maximum atomic E-state index is 13.5. The van der Waals surface area contributed by atoms with Gasteiger partial charge in [-0.2, -0.15) is 18.2 Å². The van der Waals surface area contributed by atoms with Gasteiger partial charge in [-0.25, -0.2) is 9.97 Å². The Balaban J connectivity index is 1.97. The van der Waals surface area contributed by atoms with E-state index < -0.39 is 17.6 Å². The molecular formula is C20H20F3N5O4. The predicted molar refractivity (Wildman–Crippen MR) is 110 cm³/mol. The first-order valence-electron chi connectivity index (χ1n) is 9.07. The minimum absolute atomic E-state index is 0.0942. The Morgan fingerprint density at radius 3 is 2.00 bits per heavy atom. The Morgan fingerprint density at radius 2 is 1.50 bits per heavy atom. The van der Waals surface area contributed by atoms with Crippen LogP contribution < -0.4 is 29.6 Å². The number of hydrogen-bond acceptors (Lipinski definition) is 9. The zero-order chi connectivity index (χ0) is 23.3. The first-order valence-corrected chi connectivity index (χ1v) is 9.07. The van der Waals surface area contributed by atoms with Gasteiger partial charge in [-0.1, -0.05) is 0 Å². The quantitative estimate of drug-likeness (QED) is 0.516. The van der Waals surface area contributed by atoms with Crippen LogP contribution in [0.1, 0.15) is 5.56 Å². The second kappa shape index (κ2) is 9.45. The highest BCUT2D eigenvalue weighted by Gasteiger charge is 2.35. The van der Waals surface area contributed by atoms with Gasteiger partial charge in [0.1, 0.15) is 22.9 Å². The van der Waals surface area contributed by atoms with E-state index in [1.54, 1.807) is 18.2 Å². The van der Waals surface area contributed by atoms with Gasteiger partial charge < -0.3 is 29.6 Å². The van der Waals surface area contributed by atoms with Crippen molar-refractivity contribution in [3.05, 3.63) is 42.2 Å². The lowest BCUT2D eigenvalue weighted by molar-refractivity contribution is -0.137. The van der Waals surface area contributed by atoms with Crippen molar-refractivity contribution in [1.29, 1.82) is 0 Å². The number of ether oxygens (including phenoxy) is 4. The van der Waals surface area contributed by atoms with Crippen molar-refractivity contribution in [1.82, 2.24) is 15.0 Å². The van der Waals surface area contributed by atoms with Crippen molar-refractivity contribution in [3.8, 4) is 23.0 Å². The molecule has 9 nitrogen and oxygen atoms in total. The molecule has 0 unspecified atom stereocenters. The smallest absolute Gasteiger partial charge is 0.421 e. The van der Waals surface area contributed by atoms with E-state index in [1.807, 2.05) is 0 Å². The van der Waals surface area contributed by atoms with Gasteiger partial charge in [-0.3, -0.25) is 0 Å². The SMILES string of the molecule is COc1ccc(Nc2nc(Nc3cc(OC)c(OC)c(OC)c3)ncc2C(F)(F)F)nc1. The molecule has 0 saturated carbocycles. The number of rotatable bonds is 8. The Kier molecular flexibility index (Phi) is 6.71. The van der Waals surface area contributed by atoms with E-state index in [1.165, 1.54) is 40.7 Å². The van der Waals surface area contributed by atoms with E-state index in [0.29, 0.717) is 34.9 Å². The second-order valence-electron chi connectivity index (χ2n) is 6.20. The molecule has 0 saturated heterocycles. The molecule has 2 aromatic heterocycles. The lowest BCUT2D eigenvalue weighted by atomic mass is 10.2. The summed E-state index contributed by atoms with van der Waals surface area (Å²) in [4.78, 5) is 11.8. The summed E-state index contributed by atoms with van der Waals surface area (Å²) in [7, 11) is 5.80. The fraction of sp³-hybridized carbons (Fsp3) is 0.250. The number of halogens is 3. The third-order valence-corrected chi connectivity index (χ3v) is 4.23. The standard InChI is InChI=1S/C20H20F3N5O4/c1-29-12-5-6-16(24-9-12)27-18-13(20(21,22)23)10-25-19(28-18)26-11-7-14(30-2)17(32-4)15(8-11)31-3/h5-10H,1-4H3,(H2,24,25,26,27,28). The molecule has 3 aromatic rings. The van der Waals surface area contributed by atoms with Crippen LogP contribution in [-0.2, 0) is 6.18 Å². The van der Waals surface area contributed by atoms with Crippen LogP contribution in [0.3, 0.4) is 0 Å². The molecule has 0 aliphatic rings. The van der Waals surface area contributed by atoms with Gasteiger partial charge in [0.2, 0.25) is 11.7 Å². The van der Waals surface area contributed by atoms with E-state index in [0.717, 1.165) is 0 Å². The third-order valence-electron chi connectivity index (χ3n) is 4.23.